The summed E-state index contributed by atoms with van der Waals surface area (Å²) >= 11 is 0. The molecule has 1 aliphatic heterocycles. The fraction of sp³-hybridized carbons (Fsp3) is 0.545. The van der Waals surface area contributed by atoms with Crippen molar-refractivity contribution < 1.29 is 4.42 Å². The van der Waals surface area contributed by atoms with Crippen LogP contribution in [0.15, 0.2) is 33.7 Å². The van der Waals surface area contributed by atoms with E-state index in [4.69, 9.17) is 4.42 Å². The maximum Gasteiger partial charge on any atom is 0.214 e. The van der Waals surface area contributed by atoms with Gasteiger partial charge >= 0.3 is 0 Å². The van der Waals surface area contributed by atoms with Gasteiger partial charge in [0.2, 0.25) is 5.89 Å². The lowest BCUT2D eigenvalue weighted by molar-refractivity contribution is 0.269. The number of rotatable bonds is 6. The fourth-order valence-electron chi connectivity index (χ4n) is 3.46. The molecule has 29 heavy (non-hydrogen) atoms. The van der Waals surface area contributed by atoms with E-state index in [0.29, 0.717) is 12.4 Å². The van der Waals surface area contributed by atoms with Gasteiger partial charge in [-0.15, -0.1) is 0 Å². The van der Waals surface area contributed by atoms with E-state index in [2.05, 4.69) is 61.7 Å². The predicted molar refractivity (Wildman–Crippen MR) is 117 cm³/mol. The molecule has 7 heteroatoms. The highest BCUT2D eigenvalue weighted by Gasteiger charge is 2.12. The third kappa shape index (κ3) is 6.58. The van der Waals surface area contributed by atoms with E-state index in [1.54, 1.807) is 7.05 Å². The molecular formula is C22H34N6O. The van der Waals surface area contributed by atoms with E-state index in [9.17, 15) is 0 Å². The van der Waals surface area contributed by atoms with Gasteiger partial charge < -0.3 is 20.0 Å². The topological polar surface area (TPSA) is 68.9 Å². The number of benzene rings is 1. The van der Waals surface area contributed by atoms with E-state index in [1.165, 1.54) is 30.6 Å². The number of aromatic nitrogens is 1. The Kier molecular flexibility index (Phi) is 7.66. The first-order valence-electron chi connectivity index (χ1n) is 10.4. The monoisotopic (exact) mass is 398 g/mol. The molecule has 1 aromatic carbocycles. The van der Waals surface area contributed by atoms with E-state index in [-0.39, 0.29) is 0 Å². The third-order valence-corrected chi connectivity index (χ3v) is 5.40. The summed E-state index contributed by atoms with van der Waals surface area (Å²) in [4.78, 5) is 13.6. The highest BCUT2D eigenvalue weighted by molar-refractivity contribution is 5.79. The molecule has 1 aliphatic rings. The Balaban J connectivity index is 1.44. The second-order valence-corrected chi connectivity index (χ2v) is 7.78. The Morgan fingerprint density at radius 3 is 2.45 bits per heavy atom. The molecule has 0 bridgehead atoms. The Morgan fingerprint density at radius 2 is 1.76 bits per heavy atom. The zero-order valence-electron chi connectivity index (χ0n) is 18.2. The quantitative estimate of drug-likeness (QED) is 0.575. The lowest BCUT2D eigenvalue weighted by Gasteiger charge is -2.20. The second kappa shape index (κ2) is 10.4. The number of oxazole rings is 1. The molecule has 0 spiro atoms. The van der Waals surface area contributed by atoms with Crippen molar-refractivity contribution in [1.29, 1.82) is 0 Å². The minimum atomic E-state index is 0.512. The van der Waals surface area contributed by atoms with E-state index in [0.717, 1.165) is 43.6 Å². The molecule has 158 valence electrons. The molecule has 0 aliphatic carbocycles. The number of likely N-dealkylation sites (N-methyl/N-ethyl adjacent to an activating group) is 1. The molecule has 0 unspecified atom stereocenters. The van der Waals surface area contributed by atoms with Gasteiger partial charge in [-0.25, -0.2) is 4.98 Å². The van der Waals surface area contributed by atoms with Gasteiger partial charge in [0.1, 0.15) is 5.76 Å². The number of aryl methyl sites for hydroxylation is 2. The summed E-state index contributed by atoms with van der Waals surface area (Å²) in [6.45, 7) is 10.8. The lowest BCUT2D eigenvalue weighted by atomic mass is 10.1. The Hall–Kier alpha value is -2.38. The molecule has 2 heterocycles. The maximum absolute atomic E-state index is 5.60. The number of guanidine groups is 1. The van der Waals surface area contributed by atoms with Crippen LogP contribution in [0.3, 0.4) is 0 Å². The number of hydrogen-bond acceptors (Lipinski definition) is 5. The van der Waals surface area contributed by atoms with Crippen LogP contribution in [-0.2, 0) is 19.6 Å². The average Bonchev–Trinajstić information content (AvgIpc) is 2.90. The minimum Gasteiger partial charge on any atom is -0.444 e. The van der Waals surface area contributed by atoms with E-state index in [1.807, 2.05) is 13.8 Å². The van der Waals surface area contributed by atoms with Crippen LogP contribution in [0, 0.1) is 13.8 Å². The number of nitrogens with one attached hydrogen (secondary N) is 2. The van der Waals surface area contributed by atoms with Crippen molar-refractivity contribution in [2.24, 2.45) is 4.99 Å². The van der Waals surface area contributed by atoms with Gasteiger partial charge in [-0.2, -0.15) is 0 Å². The molecule has 7 nitrogen and oxygen atoms in total. The molecule has 0 saturated carbocycles. The zero-order chi connectivity index (χ0) is 20.6. The summed E-state index contributed by atoms with van der Waals surface area (Å²) < 4.78 is 5.60. The summed E-state index contributed by atoms with van der Waals surface area (Å²) in [5.41, 5.74) is 3.53. The van der Waals surface area contributed by atoms with Crippen molar-refractivity contribution in [3.05, 3.63) is 52.7 Å². The molecule has 0 atom stereocenters. The normalized spacial score (nSPS) is 16.6. The lowest BCUT2D eigenvalue weighted by Crippen LogP contribution is -2.36. The first-order chi connectivity index (χ1) is 14.0. The van der Waals surface area contributed by atoms with Gasteiger partial charge in [-0.1, -0.05) is 24.3 Å². The van der Waals surface area contributed by atoms with Crippen LogP contribution in [0.5, 0.6) is 0 Å². The maximum atomic E-state index is 5.60. The van der Waals surface area contributed by atoms with Crippen LogP contribution in [0.1, 0.15) is 34.9 Å². The summed E-state index contributed by atoms with van der Waals surface area (Å²) in [7, 11) is 3.98. The first-order valence-corrected chi connectivity index (χ1v) is 10.4. The third-order valence-electron chi connectivity index (χ3n) is 5.40. The van der Waals surface area contributed by atoms with Crippen molar-refractivity contribution in [3.63, 3.8) is 0 Å². The SMILES string of the molecule is CN=C(NCc1ccc(CN2CCCN(C)CC2)cc1)NCc1nc(C)c(C)o1. The summed E-state index contributed by atoms with van der Waals surface area (Å²) in [5, 5.41) is 6.59. The van der Waals surface area contributed by atoms with E-state index >= 15 is 0 Å². The van der Waals surface area contributed by atoms with Crippen LogP contribution in [0.4, 0.5) is 0 Å². The van der Waals surface area contributed by atoms with Gasteiger partial charge in [0.25, 0.3) is 0 Å². The van der Waals surface area contributed by atoms with Crippen molar-refractivity contribution in [2.45, 2.75) is 39.9 Å². The number of aliphatic imine (C=N–C) groups is 1. The zero-order valence-corrected chi connectivity index (χ0v) is 18.2. The van der Waals surface area contributed by atoms with Crippen molar-refractivity contribution >= 4 is 5.96 Å². The van der Waals surface area contributed by atoms with Gasteiger partial charge in [-0.3, -0.25) is 9.89 Å². The summed E-state index contributed by atoms with van der Waals surface area (Å²) in [6.07, 6.45) is 1.25. The summed E-state index contributed by atoms with van der Waals surface area (Å²) in [5.74, 6) is 2.26. The van der Waals surface area contributed by atoms with Crippen LogP contribution in [0.2, 0.25) is 0 Å². The van der Waals surface area contributed by atoms with Crippen LogP contribution in [0.25, 0.3) is 0 Å². The molecule has 0 amide bonds. The van der Waals surface area contributed by atoms with Gasteiger partial charge in [0.15, 0.2) is 5.96 Å². The Labute approximate surface area is 174 Å². The fourth-order valence-corrected chi connectivity index (χ4v) is 3.46. The van der Waals surface area contributed by atoms with Crippen molar-refractivity contribution in [1.82, 2.24) is 25.4 Å². The number of nitrogens with zero attached hydrogens (tertiary/aromatic N) is 4. The molecule has 3 rings (SSSR count). The smallest absolute Gasteiger partial charge is 0.214 e. The summed E-state index contributed by atoms with van der Waals surface area (Å²) in [6, 6.07) is 8.86. The standard InChI is InChI=1S/C22H34N6O/c1-17-18(2)29-21(26-17)15-25-22(23-3)24-14-19-6-8-20(9-7-19)16-28-11-5-10-27(4)12-13-28/h6-9H,5,10-16H2,1-4H3,(H2,23,24,25). The second-order valence-electron chi connectivity index (χ2n) is 7.78. The van der Waals surface area contributed by atoms with Gasteiger partial charge in [-0.05, 0) is 51.5 Å². The van der Waals surface area contributed by atoms with Crippen molar-refractivity contribution in [2.75, 3.05) is 40.3 Å². The van der Waals surface area contributed by atoms with Gasteiger partial charge in [0.05, 0.1) is 12.2 Å². The van der Waals surface area contributed by atoms with Crippen LogP contribution >= 0.6 is 0 Å². The molecular weight excluding hydrogens is 364 g/mol. The van der Waals surface area contributed by atoms with Crippen LogP contribution < -0.4 is 10.6 Å². The Bertz CT molecular complexity index is 779. The number of hydrogen-bond donors (Lipinski definition) is 2. The molecule has 2 N–H and O–H groups in total. The minimum absolute atomic E-state index is 0.512. The molecule has 1 aromatic heterocycles. The molecule has 0 radical (unpaired) electrons. The van der Waals surface area contributed by atoms with Crippen LogP contribution in [-0.4, -0.2) is 61.0 Å². The highest BCUT2D eigenvalue weighted by Crippen LogP contribution is 2.10. The molecule has 2 aromatic rings. The Morgan fingerprint density at radius 1 is 1.03 bits per heavy atom. The van der Waals surface area contributed by atoms with E-state index < -0.39 is 0 Å². The van der Waals surface area contributed by atoms with Gasteiger partial charge in [0, 0.05) is 33.2 Å². The first kappa shape index (κ1) is 21.3. The van der Waals surface area contributed by atoms with Crippen molar-refractivity contribution in [3.8, 4) is 0 Å². The highest BCUT2D eigenvalue weighted by atomic mass is 16.4. The largest absolute Gasteiger partial charge is 0.444 e. The predicted octanol–water partition coefficient (Wildman–Crippen LogP) is 2.29. The molecule has 1 saturated heterocycles. The average molecular weight is 399 g/mol. The molecule has 1 fully saturated rings.